The minimum absolute atomic E-state index is 0.937. The highest BCUT2D eigenvalue weighted by Gasteiger charge is 2.13. The molecule has 0 atom stereocenters. The number of hydrogen-bond acceptors (Lipinski definition) is 4. The molecule has 0 bridgehead atoms. The second-order valence-electron chi connectivity index (χ2n) is 5.43. The smallest absolute Gasteiger partial charge is 0.0896 e. The Labute approximate surface area is 136 Å². The predicted molar refractivity (Wildman–Crippen MR) is 95.7 cm³/mol. The number of nitrogens with zero attached hydrogens (tertiary/aromatic N) is 3. The van der Waals surface area contributed by atoms with Crippen molar-refractivity contribution in [2.24, 2.45) is 0 Å². The van der Waals surface area contributed by atoms with Gasteiger partial charge < -0.3 is 0 Å². The summed E-state index contributed by atoms with van der Waals surface area (Å²) < 4.78 is 2.32. The molecule has 5 aromatic rings. The van der Waals surface area contributed by atoms with Crippen molar-refractivity contribution in [3.8, 4) is 11.3 Å². The fourth-order valence-corrected chi connectivity index (χ4v) is 4.02. The monoisotopic (exact) mass is 313 g/mol. The average molecular weight is 313 g/mol. The Morgan fingerprint density at radius 2 is 1.70 bits per heavy atom. The minimum Gasteiger partial charge on any atom is -0.263 e. The Morgan fingerprint density at radius 1 is 0.783 bits per heavy atom. The normalized spacial score (nSPS) is 11.5. The van der Waals surface area contributed by atoms with E-state index in [-0.39, 0.29) is 0 Å². The van der Waals surface area contributed by atoms with Crippen LogP contribution in [-0.2, 0) is 0 Å². The highest BCUT2D eigenvalue weighted by molar-refractivity contribution is 7.25. The lowest BCUT2D eigenvalue weighted by molar-refractivity contribution is 1.32. The second kappa shape index (κ2) is 4.83. The summed E-state index contributed by atoms with van der Waals surface area (Å²) >= 11 is 1.72. The molecule has 0 aliphatic rings. The molecule has 0 saturated carbocycles. The summed E-state index contributed by atoms with van der Waals surface area (Å²) in [6.45, 7) is 0. The van der Waals surface area contributed by atoms with Crippen LogP contribution in [0.1, 0.15) is 0 Å². The summed E-state index contributed by atoms with van der Waals surface area (Å²) in [6, 6.07) is 14.5. The van der Waals surface area contributed by atoms with Crippen LogP contribution in [0, 0.1) is 0 Å². The van der Waals surface area contributed by atoms with Crippen LogP contribution in [0.2, 0.25) is 0 Å². The highest BCUT2D eigenvalue weighted by atomic mass is 32.1. The van der Waals surface area contributed by atoms with Crippen molar-refractivity contribution in [3.05, 3.63) is 67.3 Å². The van der Waals surface area contributed by atoms with E-state index in [1.807, 2.05) is 43.0 Å². The van der Waals surface area contributed by atoms with E-state index in [1.54, 1.807) is 11.3 Å². The van der Waals surface area contributed by atoms with Crippen LogP contribution >= 0.6 is 11.3 Å². The van der Waals surface area contributed by atoms with Crippen molar-refractivity contribution in [2.75, 3.05) is 0 Å². The molecular weight excluding hydrogens is 302 g/mol. The zero-order valence-corrected chi connectivity index (χ0v) is 12.9. The molecule has 0 radical (unpaired) electrons. The maximum atomic E-state index is 4.65. The first-order valence-corrected chi connectivity index (χ1v) is 8.18. The Bertz CT molecular complexity index is 1180. The van der Waals surface area contributed by atoms with Crippen molar-refractivity contribution < 1.29 is 0 Å². The van der Waals surface area contributed by atoms with Crippen molar-refractivity contribution in [2.45, 2.75) is 0 Å². The number of hydrogen-bond donors (Lipinski definition) is 0. The van der Waals surface area contributed by atoms with Crippen molar-refractivity contribution in [3.63, 3.8) is 0 Å². The van der Waals surface area contributed by atoms with Gasteiger partial charge in [-0.2, -0.15) is 0 Å². The molecule has 108 valence electrons. The van der Waals surface area contributed by atoms with E-state index in [9.17, 15) is 0 Å². The molecule has 4 heteroatoms. The molecule has 0 aliphatic heterocycles. The standard InChI is InChI=1S/C19H11N3S/c1-2-5-13-9-22-15(8-12(13)4-1)14-10-20-11-17-18(14)19-16(23-17)6-3-7-21-19/h1-11H. The third-order valence-electron chi connectivity index (χ3n) is 4.05. The van der Waals surface area contributed by atoms with Gasteiger partial charge in [-0.05, 0) is 23.6 Å². The summed E-state index contributed by atoms with van der Waals surface area (Å²) in [5.41, 5.74) is 3.00. The molecule has 0 unspecified atom stereocenters. The van der Waals surface area contributed by atoms with Gasteiger partial charge in [-0.3, -0.25) is 15.0 Å². The molecular formula is C19H11N3S. The van der Waals surface area contributed by atoms with E-state index in [1.165, 1.54) is 10.1 Å². The minimum atomic E-state index is 0.937. The van der Waals surface area contributed by atoms with Gasteiger partial charge in [0, 0.05) is 41.1 Å². The second-order valence-corrected chi connectivity index (χ2v) is 6.51. The molecule has 0 saturated heterocycles. The third-order valence-corrected chi connectivity index (χ3v) is 5.12. The van der Waals surface area contributed by atoms with Gasteiger partial charge in [0.15, 0.2) is 0 Å². The maximum absolute atomic E-state index is 4.65. The Morgan fingerprint density at radius 3 is 2.65 bits per heavy atom. The number of benzene rings is 1. The van der Waals surface area contributed by atoms with Crippen molar-refractivity contribution in [1.29, 1.82) is 0 Å². The van der Waals surface area contributed by atoms with E-state index >= 15 is 0 Å². The lowest BCUT2D eigenvalue weighted by atomic mass is 10.1. The fourth-order valence-electron chi connectivity index (χ4n) is 2.97. The molecule has 0 aliphatic carbocycles. The molecule has 3 nitrogen and oxygen atoms in total. The first-order valence-electron chi connectivity index (χ1n) is 7.36. The number of thiophene rings is 1. The molecule has 0 fully saturated rings. The van der Waals surface area contributed by atoms with E-state index in [4.69, 9.17) is 0 Å². The molecule has 4 aromatic heterocycles. The zero-order chi connectivity index (χ0) is 15.2. The molecule has 0 amide bonds. The summed E-state index contributed by atoms with van der Waals surface area (Å²) in [5, 5.41) is 3.47. The molecule has 0 spiro atoms. The van der Waals surface area contributed by atoms with Gasteiger partial charge in [0.05, 0.1) is 20.6 Å². The topological polar surface area (TPSA) is 38.7 Å². The summed E-state index contributed by atoms with van der Waals surface area (Å²) in [5.74, 6) is 0. The van der Waals surface area contributed by atoms with Gasteiger partial charge in [0.2, 0.25) is 0 Å². The SMILES string of the molecule is c1ccc2cc(-c3cncc4sc5cccnc5c34)ncc2c1. The van der Waals surface area contributed by atoms with Gasteiger partial charge >= 0.3 is 0 Å². The Kier molecular flexibility index (Phi) is 2.66. The lowest BCUT2D eigenvalue weighted by Gasteiger charge is -2.05. The van der Waals surface area contributed by atoms with Crippen LogP contribution in [0.25, 0.3) is 42.3 Å². The Balaban J connectivity index is 1.87. The summed E-state index contributed by atoms with van der Waals surface area (Å²) in [6.07, 6.45) is 7.56. The van der Waals surface area contributed by atoms with E-state index < -0.39 is 0 Å². The van der Waals surface area contributed by atoms with Crippen LogP contribution in [0.15, 0.2) is 67.3 Å². The third kappa shape index (κ3) is 1.92. The lowest BCUT2D eigenvalue weighted by Crippen LogP contribution is -1.87. The average Bonchev–Trinajstić information content (AvgIpc) is 3.00. The molecule has 1 aromatic carbocycles. The summed E-state index contributed by atoms with van der Waals surface area (Å²) in [4.78, 5) is 13.6. The number of pyridine rings is 3. The maximum Gasteiger partial charge on any atom is 0.0896 e. The summed E-state index contributed by atoms with van der Waals surface area (Å²) in [7, 11) is 0. The van der Waals surface area contributed by atoms with Gasteiger partial charge in [-0.15, -0.1) is 11.3 Å². The van der Waals surface area contributed by atoms with Crippen LogP contribution in [0.4, 0.5) is 0 Å². The first kappa shape index (κ1) is 12.7. The molecule has 23 heavy (non-hydrogen) atoms. The van der Waals surface area contributed by atoms with Gasteiger partial charge in [-0.1, -0.05) is 24.3 Å². The van der Waals surface area contributed by atoms with Crippen LogP contribution in [0.3, 0.4) is 0 Å². The van der Waals surface area contributed by atoms with Crippen molar-refractivity contribution >= 4 is 42.4 Å². The highest BCUT2D eigenvalue weighted by Crippen LogP contribution is 2.37. The van der Waals surface area contributed by atoms with Crippen LogP contribution in [0.5, 0.6) is 0 Å². The first-order chi connectivity index (χ1) is 11.4. The predicted octanol–water partition coefficient (Wildman–Crippen LogP) is 5.06. The van der Waals surface area contributed by atoms with E-state index in [0.29, 0.717) is 0 Å². The molecule has 4 heterocycles. The van der Waals surface area contributed by atoms with Crippen LogP contribution < -0.4 is 0 Å². The Hall–Kier alpha value is -2.85. The van der Waals surface area contributed by atoms with Gasteiger partial charge in [0.1, 0.15) is 0 Å². The van der Waals surface area contributed by atoms with Crippen LogP contribution in [-0.4, -0.2) is 15.0 Å². The fraction of sp³-hybridized carbons (Fsp3) is 0. The van der Waals surface area contributed by atoms with Crippen molar-refractivity contribution in [1.82, 2.24) is 15.0 Å². The molecule has 5 rings (SSSR count). The number of fused-ring (bicyclic) bond motifs is 4. The number of aromatic nitrogens is 3. The molecule has 0 N–H and O–H groups in total. The van der Waals surface area contributed by atoms with Gasteiger partial charge in [0.25, 0.3) is 0 Å². The quantitative estimate of drug-likeness (QED) is 0.434. The number of rotatable bonds is 1. The van der Waals surface area contributed by atoms with E-state index in [2.05, 4.69) is 39.2 Å². The largest absolute Gasteiger partial charge is 0.263 e. The van der Waals surface area contributed by atoms with Gasteiger partial charge in [-0.25, -0.2) is 0 Å². The van der Waals surface area contributed by atoms with E-state index in [0.717, 1.165) is 32.2 Å². The zero-order valence-electron chi connectivity index (χ0n) is 12.1.